The number of phenols is 1. The van der Waals surface area contributed by atoms with E-state index in [0.717, 1.165) is 36.9 Å². The van der Waals surface area contributed by atoms with Gasteiger partial charge in [-0.15, -0.1) is 0 Å². The summed E-state index contributed by atoms with van der Waals surface area (Å²) >= 11 is 0. The molecule has 1 fully saturated rings. The molecule has 5 heteroatoms. The minimum Gasteiger partial charge on any atom is -0.508 e. The summed E-state index contributed by atoms with van der Waals surface area (Å²) in [4.78, 5) is 13.9. The van der Waals surface area contributed by atoms with E-state index in [2.05, 4.69) is 4.90 Å². The summed E-state index contributed by atoms with van der Waals surface area (Å²) in [7, 11) is 0. The van der Waals surface area contributed by atoms with E-state index in [-0.39, 0.29) is 5.75 Å². The van der Waals surface area contributed by atoms with Gasteiger partial charge in [-0.2, -0.15) is 0 Å². The van der Waals surface area contributed by atoms with Gasteiger partial charge < -0.3 is 14.6 Å². The third kappa shape index (κ3) is 3.09. The van der Waals surface area contributed by atoms with Crippen molar-refractivity contribution in [3.8, 4) is 5.75 Å². The topological polar surface area (TPSA) is 73.9 Å². The van der Waals surface area contributed by atoms with Crippen LogP contribution in [0.2, 0.25) is 0 Å². The van der Waals surface area contributed by atoms with E-state index in [1.54, 1.807) is 12.1 Å². The van der Waals surface area contributed by atoms with E-state index in [1.807, 2.05) is 6.92 Å². The molecule has 112 valence electrons. The van der Waals surface area contributed by atoms with E-state index in [0.29, 0.717) is 12.1 Å². The first kappa shape index (κ1) is 14.1. The van der Waals surface area contributed by atoms with Crippen LogP contribution in [0.25, 0.3) is 11.0 Å². The highest BCUT2D eigenvalue weighted by Crippen LogP contribution is 2.26. The molecule has 0 radical (unpaired) electrons. The van der Waals surface area contributed by atoms with Crippen molar-refractivity contribution in [3.05, 3.63) is 40.2 Å². The molecule has 1 aliphatic heterocycles. The fourth-order valence-corrected chi connectivity index (χ4v) is 2.78. The number of likely N-dealkylation sites (tertiary alicyclic amines) is 1. The van der Waals surface area contributed by atoms with Crippen LogP contribution in [-0.4, -0.2) is 33.8 Å². The Bertz CT molecular complexity index is 710. The Balaban J connectivity index is 1.89. The Labute approximate surface area is 122 Å². The van der Waals surface area contributed by atoms with Crippen molar-refractivity contribution >= 4 is 11.0 Å². The average molecular weight is 289 g/mol. The zero-order valence-electron chi connectivity index (χ0n) is 12.0. The molecule has 0 amide bonds. The number of fused-ring (bicyclic) bond motifs is 1. The van der Waals surface area contributed by atoms with Crippen molar-refractivity contribution in [3.63, 3.8) is 0 Å². The van der Waals surface area contributed by atoms with Crippen LogP contribution in [-0.2, 0) is 6.54 Å². The van der Waals surface area contributed by atoms with Gasteiger partial charge in [0.2, 0.25) is 0 Å². The van der Waals surface area contributed by atoms with Crippen molar-refractivity contribution in [1.82, 2.24) is 4.90 Å². The maximum Gasteiger partial charge on any atom is 0.336 e. The van der Waals surface area contributed by atoms with Crippen LogP contribution < -0.4 is 5.63 Å². The maximum atomic E-state index is 11.7. The van der Waals surface area contributed by atoms with Crippen LogP contribution in [0.1, 0.15) is 25.3 Å². The van der Waals surface area contributed by atoms with Gasteiger partial charge in [0.25, 0.3) is 0 Å². The number of nitrogens with zero attached hydrogens (tertiary/aromatic N) is 1. The first-order valence-electron chi connectivity index (χ1n) is 7.13. The fourth-order valence-electron chi connectivity index (χ4n) is 2.78. The molecule has 2 heterocycles. The molecule has 1 aromatic carbocycles. The quantitative estimate of drug-likeness (QED) is 0.825. The van der Waals surface area contributed by atoms with E-state index >= 15 is 0 Å². The second kappa shape index (κ2) is 5.16. The predicted octanol–water partition coefficient (Wildman–Crippen LogP) is 1.85. The van der Waals surface area contributed by atoms with Gasteiger partial charge in [-0.3, -0.25) is 4.90 Å². The van der Waals surface area contributed by atoms with Crippen LogP contribution in [0.5, 0.6) is 5.75 Å². The first-order chi connectivity index (χ1) is 9.93. The van der Waals surface area contributed by atoms with E-state index < -0.39 is 11.2 Å². The summed E-state index contributed by atoms with van der Waals surface area (Å²) in [6.07, 6.45) is 1.46. The molecule has 0 atom stereocenters. The number of hydrogen-bond donors (Lipinski definition) is 2. The average Bonchev–Trinajstić information content (AvgIpc) is 2.40. The molecule has 3 rings (SSSR count). The summed E-state index contributed by atoms with van der Waals surface area (Å²) in [6.45, 7) is 4.10. The normalized spacial score (nSPS) is 19.0. The van der Waals surface area contributed by atoms with Crippen molar-refractivity contribution in [1.29, 1.82) is 0 Å². The summed E-state index contributed by atoms with van der Waals surface area (Å²) < 4.78 is 5.13. The van der Waals surface area contributed by atoms with Gasteiger partial charge in [-0.25, -0.2) is 4.79 Å². The number of aromatic hydroxyl groups is 1. The van der Waals surface area contributed by atoms with Crippen LogP contribution in [0.15, 0.2) is 33.5 Å². The molecular weight excluding hydrogens is 270 g/mol. The third-order valence-electron chi connectivity index (χ3n) is 4.14. The SMILES string of the molecule is CC1(O)CCN(Cc2cc(=O)oc3cc(O)ccc23)CC1. The lowest BCUT2D eigenvalue weighted by Crippen LogP contribution is -2.42. The van der Waals surface area contributed by atoms with Gasteiger partial charge in [-0.1, -0.05) is 0 Å². The smallest absolute Gasteiger partial charge is 0.336 e. The lowest BCUT2D eigenvalue weighted by atomic mass is 9.93. The number of phenolic OH excluding ortho intramolecular Hbond substituents is 1. The van der Waals surface area contributed by atoms with Crippen LogP contribution in [0.4, 0.5) is 0 Å². The third-order valence-corrected chi connectivity index (χ3v) is 4.14. The standard InChI is InChI=1S/C16H19NO4/c1-16(20)4-6-17(7-5-16)10-11-8-15(19)21-14-9-12(18)2-3-13(11)14/h2-3,8-9,18,20H,4-7,10H2,1H3. The maximum absolute atomic E-state index is 11.7. The zero-order valence-corrected chi connectivity index (χ0v) is 12.0. The number of benzene rings is 1. The molecule has 2 aromatic rings. The molecule has 0 spiro atoms. The molecule has 1 aromatic heterocycles. The minimum absolute atomic E-state index is 0.0804. The van der Waals surface area contributed by atoms with Crippen molar-refractivity contribution in [2.24, 2.45) is 0 Å². The highest BCUT2D eigenvalue weighted by molar-refractivity contribution is 5.81. The van der Waals surface area contributed by atoms with Gasteiger partial charge in [-0.05, 0) is 37.5 Å². The molecule has 1 saturated heterocycles. The Morgan fingerprint density at radius 1 is 1.29 bits per heavy atom. The molecular formula is C16H19NO4. The van der Waals surface area contributed by atoms with Gasteiger partial charge in [0.1, 0.15) is 11.3 Å². The molecule has 0 aliphatic carbocycles. The molecule has 0 saturated carbocycles. The molecule has 1 aliphatic rings. The minimum atomic E-state index is -0.583. The van der Waals surface area contributed by atoms with Gasteiger partial charge in [0, 0.05) is 37.2 Å². The van der Waals surface area contributed by atoms with Crippen molar-refractivity contribution in [2.45, 2.75) is 31.9 Å². The molecule has 2 N–H and O–H groups in total. The van der Waals surface area contributed by atoms with Crippen LogP contribution >= 0.6 is 0 Å². The van der Waals surface area contributed by atoms with E-state index in [9.17, 15) is 15.0 Å². The van der Waals surface area contributed by atoms with E-state index in [1.165, 1.54) is 12.1 Å². The Hall–Kier alpha value is -1.85. The van der Waals surface area contributed by atoms with Gasteiger partial charge >= 0.3 is 5.63 Å². The summed E-state index contributed by atoms with van der Waals surface area (Å²) in [6, 6.07) is 6.32. The second-order valence-electron chi connectivity index (χ2n) is 6.04. The molecule has 0 unspecified atom stereocenters. The Morgan fingerprint density at radius 2 is 2.00 bits per heavy atom. The summed E-state index contributed by atoms with van der Waals surface area (Å²) in [5.41, 5.74) is 0.302. The largest absolute Gasteiger partial charge is 0.508 e. The highest BCUT2D eigenvalue weighted by atomic mass is 16.4. The number of rotatable bonds is 2. The highest BCUT2D eigenvalue weighted by Gasteiger charge is 2.27. The number of aliphatic hydroxyl groups is 1. The molecule has 21 heavy (non-hydrogen) atoms. The number of piperidine rings is 1. The predicted molar refractivity (Wildman–Crippen MR) is 79.3 cm³/mol. The zero-order chi connectivity index (χ0) is 15.0. The van der Waals surface area contributed by atoms with Crippen molar-refractivity contribution < 1.29 is 14.6 Å². The lowest BCUT2D eigenvalue weighted by molar-refractivity contribution is -0.00723. The lowest BCUT2D eigenvalue weighted by Gasteiger charge is -2.35. The molecule has 0 bridgehead atoms. The second-order valence-corrected chi connectivity index (χ2v) is 6.04. The van der Waals surface area contributed by atoms with E-state index in [4.69, 9.17) is 4.42 Å². The van der Waals surface area contributed by atoms with Gasteiger partial charge in [0.15, 0.2) is 0 Å². The Morgan fingerprint density at radius 3 is 2.71 bits per heavy atom. The van der Waals surface area contributed by atoms with Crippen LogP contribution in [0.3, 0.4) is 0 Å². The monoisotopic (exact) mass is 289 g/mol. The Kier molecular flexibility index (Phi) is 3.47. The molecule has 5 nitrogen and oxygen atoms in total. The summed E-state index contributed by atoms with van der Waals surface area (Å²) in [5, 5.41) is 20.3. The fraction of sp³-hybridized carbons (Fsp3) is 0.438. The van der Waals surface area contributed by atoms with Crippen LogP contribution in [0, 0.1) is 0 Å². The van der Waals surface area contributed by atoms with Gasteiger partial charge in [0.05, 0.1) is 5.60 Å². The first-order valence-corrected chi connectivity index (χ1v) is 7.13. The van der Waals surface area contributed by atoms with Crippen molar-refractivity contribution in [2.75, 3.05) is 13.1 Å². The number of hydrogen-bond acceptors (Lipinski definition) is 5. The summed E-state index contributed by atoms with van der Waals surface area (Å²) in [5.74, 6) is 0.0804.